The fourth-order valence-corrected chi connectivity index (χ4v) is 5.15. The van der Waals surface area contributed by atoms with Gasteiger partial charge in [0.25, 0.3) is 5.91 Å². The predicted octanol–water partition coefficient (Wildman–Crippen LogP) is 4.79. The molecule has 31 heavy (non-hydrogen) atoms. The van der Waals surface area contributed by atoms with Gasteiger partial charge in [0.15, 0.2) is 5.69 Å². The Hall–Kier alpha value is -2.81. The summed E-state index contributed by atoms with van der Waals surface area (Å²) in [5.74, 6) is 1.04. The first-order valence-corrected chi connectivity index (χ1v) is 12.0. The summed E-state index contributed by atoms with van der Waals surface area (Å²) in [6, 6.07) is 14.2. The van der Waals surface area contributed by atoms with Crippen molar-refractivity contribution < 1.29 is 9.21 Å². The molecule has 8 heteroatoms. The van der Waals surface area contributed by atoms with Crippen molar-refractivity contribution in [2.45, 2.75) is 13.5 Å². The standard InChI is InChI=1S/C23H22N4O2S2/c1-16-20(25-21(29-16)19-8-5-13-30-19)23(28)27-11-9-26(10-12-27)14-18-15-31-22(24-18)17-6-3-2-4-7-17/h2-8,13,15H,9-12,14H2,1H3. The van der Waals surface area contributed by atoms with E-state index in [4.69, 9.17) is 9.40 Å². The van der Waals surface area contributed by atoms with Gasteiger partial charge in [0.1, 0.15) is 10.8 Å². The van der Waals surface area contributed by atoms with Gasteiger partial charge in [-0.15, -0.1) is 22.7 Å². The predicted molar refractivity (Wildman–Crippen MR) is 123 cm³/mol. The van der Waals surface area contributed by atoms with Crippen LogP contribution in [0.3, 0.4) is 0 Å². The summed E-state index contributed by atoms with van der Waals surface area (Å²) in [4.78, 5) is 27.4. The third-order valence-electron chi connectivity index (χ3n) is 5.35. The van der Waals surface area contributed by atoms with E-state index in [-0.39, 0.29) is 5.91 Å². The van der Waals surface area contributed by atoms with Crippen molar-refractivity contribution in [2.24, 2.45) is 0 Å². The monoisotopic (exact) mass is 450 g/mol. The van der Waals surface area contributed by atoms with Crippen LogP contribution in [0.25, 0.3) is 21.3 Å². The Morgan fingerprint density at radius 2 is 1.84 bits per heavy atom. The van der Waals surface area contributed by atoms with Gasteiger partial charge in [-0.3, -0.25) is 9.69 Å². The first-order valence-electron chi connectivity index (χ1n) is 10.2. The number of nitrogens with zero attached hydrogens (tertiary/aromatic N) is 4. The minimum Gasteiger partial charge on any atom is -0.440 e. The van der Waals surface area contributed by atoms with Crippen LogP contribution in [0.2, 0.25) is 0 Å². The zero-order valence-electron chi connectivity index (χ0n) is 17.2. The van der Waals surface area contributed by atoms with Crippen molar-refractivity contribution in [2.75, 3.05) is 26.2 Å². The Labute approximate surface area is 188 Å². The minimum absolute atomic E-state index is 0.0521. The van der Waals surface area contributed by atoms with Crippen LogP contribution >= 0.6 is 22.7 Å². The van der Waals surface area contributed by atoms with Gasteiger partial charge in [0.2, 0.25) is 5.89 Å². The Morgan fingerprint density at radius 3 is 2.58 bits per heavy atom. The maximum atomic E-state index is 13.0. The van der Waals surface area contributed by atoms with Gasteiger partial charge in [-0.1, -0.05) is 36.4 Å². The lowest BCUT2D eigenvalue weighted by atomic mass is 10.2. The molecule has 0 bridgehead atoms. The highest BCUT2D eigenvalue weighted by atomic mass is 32.1. The van der Waals surface area contributed by atoms with E-state index in [1.54, 1.807) is 29.6 Å². The molecule has 0 saturated carbocycles. The Morgan fingerprint density at radius 1 is 1.03 bits per heavy atom. The summed E-state index contributed by atoms with van der Waals surface area (Å²) in [7, 11) is 0. The number of carbonyl (C=O) groups is 1. The molecule has 0 atom stereocenters. The molecule has 1 amide bonds. The summed E-state index contributed by atoms with van der Waals surface area (Å²) in [6.07, 6.45) is 0. The van der Waals surface area contributed by atoms with E-state index in [0.717, 1.165) is 40.8 Å². The van der Waals surface area contributed by atoms with Crippen molar-refractivity contribution in [3.63, 3.8) is 0 Å². The van der Waals surface area contributed by atoms with Crippen LogP contribution in [0.15, 0.2) is 57.6 Å². The molecule has 158 valence electrons. The molecule has 1 aromatic carbocycles. The van der Waals surface area contributed by atoms with E-state index in [0.29, 0.717) is 30.4 Å². The molecule has 0 N–H and O–H groups in total. The molecule has 1 aliphatic rings. The van der Waals surface area contributed by atoms with Crippen LogP contribution in [0.5, 0.6) is 0 Å². The van der Waals surface area contributed by atoms with E-state index in [1.807, 2.05) is 40.6 Å². The second kappa shape index (κ2) is 8.74. The topological polar surface area (TPSA) is 62.5 Å². The molecule has 5 rings (SSSR count). The highest BCUT2D eigenvalue weighted by Crippen LogP contribution is 2.27. The number of hydrogen-bond acceptors (Lipinski definition) is 7. The molecule has 0 aliphatic carbocycles. The number of benzene rings is 1. The fourth-order valence-electron chi connectivity index (χ4n) is 3.68. The van der Waals surface area contributed by atoms with E-state index in [9.17, 15) is 4.79 Å². The van der Waals surface area contributed by atoms with Crippen molar-refractivity contribution in [1.29, 1.82) is 0 Å². The molecular weight excluding hydrogens is 428 g/mol. The average molecular weight is 451 g/mol. The number of thiazole rings is 1. The maximum absolute atomic E-state index is 13.0. The normalized spacial score (nSPS) is 14.8. The maximum Gasteiger partial charge on any atom is 0.276 e. The number of carbonyl (C=O) groups excluding carboxylic acids is 1. The molecule has 4 heterocycles. The van der Waals surface area contributed by atoms with Crippen molar-refractivity contribution in [3.05, 3.63) is 70.4 Å². The molecule has 0 spiro atoms. The number of piperazine rings is 1. The first-order chi connectivity index (χ1) is 15.2. The highest BCUT2D eigenvalue weighted by molar-refractivity contribution is 7.13. The summed E-state index contributed by atoms with van der Waals surface area (Å²) >= 11 is 3.23. The lowest BCUT2D eigenvalue weighted by molar-refractivity contribution is 0.0620. The minimum atomic E-state index is -0.0521. The van der Waals surface area contributed by atoms with Gasteiger partial charge in [-0.2, -0.15) is 0 Å². The van der Waals surface area contributed by atoms with E-state index in [1.165, 1.54) is 0 Å². The Bertz CT molecular complexity index is 1160. The van der Waals surface area contributed by atoms with Crippen LogP contribution in [0.1, 0.15) is 21.9 Å². The highest BCUT2D eigenvalue weighted by Gasteiger charge is 2.27. The van der Waals surface area contributed by atoms with Crippen molar-refractivity contribution in [3.8, 4) is 21.3 Å². The number of rotatable bonds is 5. The number of aromatic nitrogens is 2. The van der Waals surface area contributed by atoms with Crippen LogP contribution < -0.4 is 0 Å². The number of thiophene rings is 1. The number of hydrogen-bond donors (Lipinski definition) is 0. The third-order valence-corrected chi connectivity index (χ3v) is 7.15. The molecule has 0 radical (unpaired) electrons. The van der Waals surface area contributed by atoms with E-state index >= 15 is 0 Å². The molecule has 4 aromatic rings. The molecular formula is C23H22N4O2S2. The van der Waals surface area contributed by atoms with Crippen molar-refractivity contribution in [1.82, 2.24) is 19.8 Å². The summed E-state index contributed by atoms with van der Waals surface area (Å²) < 4.78 is 5.74. The molecule has 0 unspecified atom stereocenters. The van der Waals surface area contributed by atoms with Gasteiger partial charge >= 0.3 is 0 Å². The smallest absolute Gasteiger partial charge is 0.276 e. The Balaban J connectivity index is 1.19. The second-order valence-corrected chi connectivity index (χ2v) is 9.29. The SMILES string of the molecule is Cc1oc(-c2cccs2)nc1C(=O)N1CCN(Cc2csc(-c3ccccc3)n2)CC1. The summed E-state index contributed by atoms with van der Waals surface area (Å²) in [5, 5.41) is 5.15. The van der Waals surface area contributed by atoms with Crippen LogP contribution in [-0.4, -0.2) is 51.9 Å². The molecule has 1 fully saturated rings. The van der Waals surface area contributed by atoms with Gasteiger partial charge in [0.05, 0.1) is 10.6 Å². The molecule has 6 nitrogen and oxygen atoms in total. The summed E-state index contributed by atoms with van der Waals surface area (Å²) in [6.45, 7) is 5.60. The lowest BCUT2D eigenvalue weighted by Gasteiger charge is -2.34. The van der Waals surface area contributed by atoms with Gasteiger partial charge in [0, 0.05) is 43.7 Å². The van der Waals surface area contributed by atoms with Crippen LogP contribution in [-0.2, 0) is 6.54 Å². The Kier molecular flexibility index (Phi) is 5.67. The zero-order chi connectivity index (χ0) is 21.2. The van der Waals surface area contributed by atoms with Crippen LogP contribution in [0, 0.1) is 6.92 Å². The van der Waals surface area contributed by atoms with Gasteiger partial charge in [-0.05, 0) is 18.4 Å². The fraction of sp³-hybridized carbons (Fsp3) is 0.261. The van der Waals surface area contributed by atoms with Crippen molar-refractivity contribution >= 4 is 28.6 Å². The van der Waals surface area contributed by atoms with Crippen LogP contribution in [0.4, 0.5) is 0 Å². The number of oxazole rings is 1. The zero-order valence-corrected chi connectivity index (χ0v) is 18.8. The quantitative estimate of drug-likeness (QED) is 0.437. The van der Waals surface area contributed by atoms with Gasteiger partial charge in [-0.25, -0.2) is 9.97 Å². The third kappa shape index (κ3) is 4.32. The molecule has 1 aliphatic heterocycles. The largest absolute Gasteiger partial charge is 0.440 e. The molecule has 1 saturated heterocycles. The molecule has 3 aromatic heterocycles. The first kappa shape index (κ1) is 20.1. The average Bonchev–Trinajstić information content (AvgIpc) is 3.56. The summed E-state index contributed by atoms with van der Waals surface area (Å²) in [5.41, 5.74) is 2.65. The lowest BCUT2D eigenvalue weighted by Crippen LogP contribution is -2.48. The van der Waals surface area contributed by atoms with E-state index < -0.39 is 0 Å². The van der Waals surface area contributed by atoms with E-state index in [2.05, 4.69) is 27.4 Å². The number of aryl methyl sites for hydroxylation is 1. The van der Waals surface area contributed by atoms with Gasteiger partial charge < -0.3 is 9.32 Å². The number of amides is 1. The second-order valence-electron chi connectivity index (χ2n) is 7.48.